The van der Waals surface area contributed by atoms with Gasteiger partial charge in [0, 0.05) is 10.0 Å². The van der Waals surface area contributed by atoms with Crippen molar-refractivity contribution < 1.29 is 4.74 Å². The van der Waals surface area contributed by atoms with E-state index in [1.165, 1.54) is 76.2 Å². The van der Waals surface area contributed by atoms with Crippen molar-refractivity contribution in [2.45, 2.75) is 90.9 Å². The number of halogens is 1. The van der Waals surface area contributed by atoms with Gasteiger partial charge in [0.05, 0.1) is 19.0 Å². The molecule has 1 aliphatic carbocycles. The molecule has 0 saturated heterocycles. The summed E-state index contributed by atoms with van der Waals surface area (Å²) in [6.45, 7) is 5.32. The highest BCUT2D eigenvalue weighted by atomic mass is 79.9. The third-order valence-corrected chi connectivity index (χ3v) is 7.30. The largest absolute Gasteiger partial charge is 0.490 e. The Kier molecular flexibility index (Phi) is 10.3. The summed E-state index contributed by atoms with van der Waals surface area (Å²) in [6, 6.07) is 6.53. The Morgan fingerprint density at radius 1 is 0.903 bits per heavy atom. The van der Waals surface area contributed by atoms with Crippen molar-refractivity contribution in [2.75, 3.05) is 6.61 Å². The van der Waals surface area contributed by atoms with Gasteiger partial charge in [0.25, 0.3) is 0 Å². The first-order valence-electron chi connectivity index (χ1n) is 12.4. The predicted octanol–water partition coefficient (Wildman–Crippen LogP) is 8.40. The first-order valence-corrected chi connectivity index (χ1v) is 13.2. The second kappa shape index (κ2) is 13.2. The molecule has 1 saturated carbocycles. The Morgan fingerprint density at radius 2 is 1.58 bits per heavy atom. The first-order chi connectivity index (χ1) is 15.2. The minimum Gasteiger partial charge on any atom is -0.490 e. The van der Waals surface area contributed by atoms with Crippen molar-refractivity contribution in [3.8, 4) is 17.1 Å². The van der Waals surface area contributed by atoms with Crippen LogP contribution in [0.15, 0.2) is 35.1 Å². The van der Waals surface area contributed by atoms with Crippen molar-refractivity contribution >= 4 is 15.9 Å². The normalized spacial score (nSPS) is 18.8. The molecule has 4 heteroatoms. The van der Waals surface area contributed by atoms with Crippen LogP contribution in [0.1, 0.15) is 90.0 Å². The number of ether oxygens (including phenoxy) is 1. The SMILES string of the molecule is CCCCCc1ccc(-c2ncc(OC[C@H]3CC[C@H](CCCCC)CC3)cn2)c(Br)c1. The van der Waals surface area contributed by atoms with Gasteiger partial charge in [-0.05, 0) is 55.2 Å². The molecule has 1 aromatic carbocycles. The van der Waals surface area contributed by atoms with E-state index in [4.69, 9.17) is 4.74 Å². The Bertz CT molecular complexity index is 769. The second-order valence-corrected chi connectivity index (χ2v) is 10.1. The van der Waals surface area contributed by atoms with E-state index in [9.17, 15) is 0 Å². The highest BCUT2D eigenvalue weighted by Gasteiger charge is 2.21. The molecule has 31 heavy (non-hydrogen) atoms. The van der Waals surface area contributed by atoms with E-state index in [1.807, 2.05) is 12.4 Å². The van der Waals surface area contributed by atoms with Gasteiger partial charge in [-0.25, -0.2) is 9.97 Å². The number of nitrogens with zero attached hydrogens (tertiary/aromatic N) is 2. The number of rotatable bonds is 12. The molecule has 0 unspecified atom stereocenters. The summed E-state index contributed by atoms with van der Waals surface area (Å²) < 4.78 is 7.10. The minimum atomic E-state index is 0.677. The van der Waals surface area contributed by atoms with Gasteiger partial charge in [0.1, 0.15) is 0 Å². The minimum absolute atomic E-state index is 0.677. The summed E-state index contributed by atoms with van der Waals surface area (Å²) in [7, 11) is 0. The molecule has 0 radical (unpaired) electrons. The zero-order valence-corrected chi connectivity index (χ0v) is 21.0. The van der Waals surface area contributed by atoms with Gasteiger partial charge in [-0.1, -0.05) is 87.2 Å². The van der Waals surface area contributed by atoms with E-state index in [1.54, 1.807) is 0 Å². The Balaban J connectivity index is 1.45. The fourth-order valence-corrected chi connectivity index (χ4v) is 5.19. The van der Waals surface area contributed by atoms with Crippen molar-refractivity contribution in [2.24, 2.45) is 11.8 Å². The number of unbranched alkanes of at least 4 members (excludes halogenated alkanes) is 4. The van der Waals surface area contributed by atoms with E-state index in [2.05, 4.69) is 57.9 Å². The fourth-order valence-electron chi connectivity index (χ4n) is 4.59. The van der Waals surface area contributed by atoms with Crippen LogP contribution in [0.4, 0.5) is 0 Å². The smallest absolute Gasteiger partial charge is 0.160 e. The quantitative estimate of drug-likeness (QED) is 0.282. The number of benzene rings is 1. The van der Waals surface area contributed by atoms with Crippen LogP contribution in [-0.2, 0) is 6.42 Å². The monoisotopic (exact) mass is 486 g/mol. The highest BCUT2D eigenvalue weighted by Crippen LogP contribution is 2.32. The Labute approximate surface area is 197 Å². The average molecular weight is 488 g/mol. The van der Waals surface area contributed by atoms with Gasteiger partial charge in [-0.15, -0.1) is 0 Å². The molecule has 1 aliphatic rings. The van der Waals surface area contributed by atoms with Gasteiger partial charge in [0.2, 0.25) is 0 Å². The van der Waals surface area contributed by atoms with Gasteiger partial charge in [-0.3, -0.25) is 0 Å². The summed E-state index contributed by atoms with van der Waals surface area (Å²) in [6.07, 6.45) is 19.4. The van der Waals surface area contributed by atoms with Crippen LogP contribution < -0.4 is 4.74 Å². The maximum Gasteiger partial charge on any atom is 0.160 e. The number of aryl methyl sites for hydroxylation is 1. The molecule has 3 rings (SSSR count). The molecule has 0 amide bonds. The lowest BCUT2D eigenvalue weighted by Gasteiger charge is -2.28. The lowest BCUT2D eigenvalue weighted by Crippen LogP contribution is -2.20. The zero-order chi connectivity index (χ0) is 21.9. The molecular weight excluding hydrogens is 448 g/mol. The summed E-state index contributed by atoms with van der Waals surface area (Å²) in [5, 5.41) is 0. The Hall–Kier alpha value is -1.42. The molecule has 1 aromatic heterocycles. The lowest BCUT2D eigenvalue weighted by atomic mass is 9.80. The first kappa shape index (κ1) is 24.2. The van der Waals surface area contributed by atoms with E-state index < -0.39 is 0 Å². The molecule has 170 valence electrons. The summed E-state index contributed by atoms with van der Waals surface area (Å²) in [4.78, 5) is 9.13. The highest BCUT2D eigenvalue weighted by molar-refractivity contribution is 9.10. The molecule has 0 atom stereocenters. The maximum absolute atomic E-state index is 6.04. The zero-order valence-electron chi connectivity index (χ0n) is 19.4. The summed E-state index contributed by atoms with van der Waals surface area (Å²) >= 11 is 3.71. The molecule has 1 fully saturated rings. The summed E-state index contributed by atoms with van der Waals surface area (Å²) in [5.74, 6) is 3.14. The number of aromatic nitrogens is 2. The van der Waals surface area contributed by atoms with E-state index in [0.717, 1.165) is 40.6 Å². The van der Waals surface area contributed by atoms with Crippen LogP contribution in [0.2, 0.25) is 0 Å². The topological polar surface area (TPSA) is 35.0 Å². The van der Waals surface area contributed by atoms with Crippen LogP contribution in [0, 0.1) is 11.8 Å². The van der Waals surface area contributed by atoms with E-state index >= 15 is 0 Å². The molecule has 0 spiro atoms. The second-order valence-electron chi connectivity index (χ2n) is 9.21. The third-order valence-electron chi connectivity index (χ3n) is 6.64. The molecular formula is C27H39BrN2O. The van der Waals surface area contributed by atoms with Crippen molar-refractivity contribution in [3.63, 3.8) is 0 Å². The average Bonchev–Trinajstić information content (AvgIpc) is 2.79. The molecule has 0 aliphatic heterocycles. The van der Waals surface area contributed by atoms with Gasteiger partial charge >= 0.3 is 0 Å². The fraction of sp³-hybridized carbons (Fsp3) is 0.630. The van der Waals surface area contributed by atoms with Crippen LogP contribution in [-0.4, -0.2) is 16.6 Å². The molecule has 0 bridgehead atoms. The van der Waals surface area contributed by atoms with E-state index in [-0.39, 0.29) is 0 Å². The van der Waals surface area contributed by atoms with Crippen molar-refractivity contribution in [1.82, 2.24) is 9.97 Å². The standard InChI is InChI=1S/C27H39BrN2O/c1-3-5-7-9-21-11-13-23(14-12-21)20-31-24-18-29-27(30-19-24)25-16-15-22(17-26(25)28)10-8-6-4-2/h15-19,21,23H,3-14,20H2,1-2H3/t21-,23-. The van der Waals surface area contributed by atoms with E-state index in [0.29, 0.717) is 5.92 Å². The summed E-state index contributed by atoms with van der Waals surface area (Å²) in [5.41, 5.74) is 2.40. The van der Waals surface area contributed by atoms with Crippen molar-refractivity contribution in [3.05, 3.63) is 40.6 Å². The van der Waals surface area contributed by atoms with Gasteiger partial charge in [-0.2, -0.15) is 0 Å². The number of hydrogen-bond donors (Lipinski definition) is 0. The van der Waals surface area contributed by atoms with Crippen molar-refractivity contribution in [1.29, 1.82) is 0 Å². The molecule has 2 aromatic rings. The van der Waals surface area contributed by atoms with Gasteiger partial charge < -0.3 is 4.74 Å². The molecule has 0 N–H and O–H groups in total. The third kappa shape index (κ3) is 7.89. The lowest BCUT2D eigenvalue weighted by molar-refractivity contribution is 0.177. The molecule has 1 heterocycles. The van der Waals surface area contributed by atoms with Crippen LogP contribution >= 0.6 is 15.9 Å². The van der Waals surface area contributed by atoms with Crippen LogP contribution in [0.3, 0.4) is 0 Å². The van der Waals surface area contributed by atoms with Crippen LogP contribution in [0.5, 0.6) is 5.75 Å². The predicted molar refractivity (Wildman–Crippen MR) is 133 cm³/mol. The van der Waals surface area contributed by atoms with Gasteiger partial charge in [0.15, 0.2) is 11.6 Å². The van der Waals surface area contributed by atoms with Crippen LogP contribution in [0.25, 0.3) is 11.4 Å². The molecule has 3 nitrogen and oxygen atoms in total. The number of hydrogen-bond acceptors (Lipinski definition) is 3. The Morgan fingerprint density at radius 3 is 2.26 bits per heavy atom. The maximum atomic E-state index is 6.04.